The van der Waals surface area contributed by atoms with Crippen molar-refractivity contribution in [3.05, 3.63) is 47.1 Å². The van der Waals surface area contributed by atoms with Crippen LogP contribution in [0.3, 0.4) is 0 Å². The number of rotatable bonds is 3. The minimum absolute atomic E-state index is 0.133. The molecule has 0 fully saturated rings. The minimum atomic E-state index is -0.311. The second kappa shape index (κ2) is 4.79. The van der Waals surface area contributed by atoms with E-state index in [1.807, 2.05) is 17.5 Å². The van der Waals surface area contributed by atoms with E-state index in [0.717, 1.165) is 9.10 Å². The van der Waals surface area contributed by atoms with Crippen molar-refractivity contribution in [2.75, 3.05) is 0 Å². The Hall–Kier alpha value is -0.840. The van der Waals surface area contributed by atoms with E-state index in [4.69, 9.17) is 5.11 Å². The van der Waals surface area contributed by atoms with Crippen molar-refractivity contribution in [2.24, 2.45) is 0 Å². The highest BCUT2D eigenvalue weighted by atomic mass is 32.2. The zero-order valence-corrected chi connectivity index (χ0v) is 9.45. The molecule has 0 amide bonds. The van der Waals surface area contributed by atoms with Crippen LogP contribution in [0.2, 0.25) is 0 Å². The number of hydrogen-bond donors (Lipinski definition) is 1. The first-order valence-electron chi connectivity index (χ1n) is 4.40. The number of halogens is 1. The third-order valence-corrected chi connectivity index (χ3v) is 4.05. The molecule has 0 atom stereocenters. The van der Waals surface area contributed by atoms with Crippen LogP contribution in [-0.2, 0) is 6.61 Å². The predicted molar refractivity (Wildman–Crippen MR) is 60.8 cm³/mol. The minimum Gasteiger partial charge on any atom is -0.392 e. The molecule has 1 aromatic carbocycles. The van der Waals surface area contributed by atoms with Crippen molar-refractivity contribution in [3.8, 4) is 0 Å². The summed E-state index contributed by atoms with van der Waals surface area (Å²) in [5.41, 5.74) is 0.633. The van der Waals surface area contributed by atoms with Crippen LogP contribution in [0.15, 0.2) is 44.8 Å². The first-order valence-corrected chi connectivity index (χ1v) is 6.10. The lowest BCUT2D eigenvalue weighted by Crippen LogP contribution is -1.88. The molecule has 0 aliphatic rings. The molecule has 1 N–H and O–H groups in total. The van der Waals surface area contributed by atoms with E-state index in [2.05, 4.69) is 0 Å². The highest BCUT2D eigenvalue weighted by Gasteiger charge is 2.05. The first kappa shape index (κ1) is 10.7. The van der Waals surface area contributed by atoms with Crippen LogP contribution in [0.4, 0.5) is 4.39 Å². The van der Waals surface area contributed by atoms with Gasteiger partial charge in [-0.3, -0.25) is 0 Å². The molecule has 2 rings (SSSR count). The predicted octanol–water partition coefficient (Wildman–Crippen LogP) is 3.53. The lowest BCUT2D eigenvalue weighted by Gasteiger charge is -2.05. The summed E-state index contributed by atoms with van der Waals surface area (Å²) in [6, 6.07) is 8.45. The summed E-state index contributed by atoms with van der Waals surface area (Å²) in [4.78, 5) is 0.904. The summed E-state index contributed by atoms with van der Waals surface area (Å²) in [7, 11) is 0. The zero-order chi connectivity index (χ0) is 10.7. The van der Waals surface area contributed by atoms with Gasteiger partial charge in [0.25, 0.3) is 0 Å². The average molecular weight is 240 g/mol. The van der Waals surface area contributed by atoms with Gasteiger partial charge in [0, 0.05) is 4.90 Å². The Kier molecular flexibility index (Phi) is 3.41. The Morgan fingerprint density at radius 2 is 2.20 bits per heavy atom. The highest BCUT2D eigenvalue weighted by molar-refractivity contribution is 8.01. The van der Waals surface area contributed by atoms with Crippen LogP contribution in [0, 0.1) is 5.82 Å². The quantitative estimate of drug-likeness (QED) is 0.885. The molecule has 0 unspecified atom stereocenters. The Bertz CT molecular complexity index is 440. The molecule has 0 saturated heterocycles. The van der Waals surface area contributed by atoms with Crippen molar-refractivity contribution in [2.45, 2.75) is 15.7 Å². The molecule has 1 heterocycles. The van der Waals surface area contributed by atoms with E-state index < -0.39 is 0 Å². The molecule has 0 aliphatic carbocycles. The van der Waals surface area contributed by atoms with Gasteiger partial charge in [0.2, 0.25) is 0 Å². The van der Waals surface area contributed by atoms with Crippen molar-refractivity contribution in [1.82, 2.24) is 0 Å². The van der Waals surface area contributed by atoms with Crippen LogP contribution in [0.25, 0.3) is 0 Å². The molecule has 1 nitrogen and oxygen atoms in total. The summed E-state index contributed by atoms with van der Waals surface area (Å²) >= 11 is 3.17. The molecule has 0 bridgehead atoms. The van der Waals surface area contributed by atoms with Crippen LogP contribution in [0.5, 0.6) is 0 Å². The van der Waals surface area contributed by atoms with Gasteiger partial charge in [0.1, 0.15) is 5.82 Å². The Labute approximate surface area is 95.6 Å². The van der Waals surface area contributed by atoms with E-state index in [1.54, 1.807) is 29.2 Å². The van der Waals surface area contributed by atoms with Gasteiger partial charge < -0.3 is 5.11 Å². The summed E-state index contributed by atoms with van der Waals surface area (Å²) in [6.07, 6.45) is 0. The molecule has 1 aromatic heterocycles. The lowest BCUT2D eigenvalue weighted by atomic mass is 10.2. The molecular weight excluding hydrogens is 231 g/mol. The number of benzene rings is 1. The van der Waals surface area contributed by atoms with Gasteiger partial charge in [0.15, 0.2) is 0 Å². The molecule has 78 valence electrons. The normalized spacial score (nSPS) is 10.5. The van der Waals surface area contributed by atoms with E-state index >= 15 is 0 Å². The summed E-state index contributed by atoms with van der Waals surface area (Å²) in [5, 5.41) is 11.1. The fourth-order valence-corrected chi connectivity index (χ4v) is 3.03. The number of thiophene rings is 1. The van der Waals surface area contributed by atoms with Crippen LogP contribution in [-0.4, -0.2) is 5.11 Å². The first-order chi connectivity index (χ1) is 7.29. The monoisotopic (exact) mass is 240 g/mol. The molecule has 0 aliphatic heterocycles. The second-order valence-corrected chi connectivity index (χ2v) is 5.23. The van der Waals surface area contributed by atoms with Gasteiger partial charge in [-0.05, 0) is 35.2 Å². The zero-order valence-electron chi connectivity index (χ0n) is 7.81. The van der Waals surface area contributed by atoms with Crippen LogP contribution < -0.4 is 0 Å². The van der Waals surface area contributed by atoms with E-state index in [0.29, 0.717) is 5.56 Å². The molecule has 2 aromatic rings. The lowest BCUT2D eigenvalue weighted by molar-refractivity contribution is 0.278. The molecule has 0 radical (unpaired) electrons. The number of hydrogen-bond acceptors (Lipinski definition) is 3. The third-order valence-electron chi connectivity index (χ3n) is 1.90. The third kappa shape index (κ3) is 2.59. The topological polar surface area (TPSA) is 20.2 Å². The number of aliphatic hydroxyl groups is 1. The Balaban J connectivity index is 2.28. The highest BCUT2D eigenvalue weighted by Crippen LogP contribution is 2.33. The fourth-order valence-electron chi connectivity index (χ4n) is 1.20. The van der Waals surface area contributed by atoms with Crippen LogP contribution >= 0.6 is 23.1 Å². The maximum Gasteiger partial charge on any atom is 0.123 e. The largest absolute Gasteiger partial charge is 0.392 e. The smallest absolute Gasteiger partial charge is 0.123 e. The van der Waals surface area contributed by atoms with Gasteiger partial charge in [0.05, 0.1) is 10.8 Å². The Morgan fingerprint density at radius 3 is 2.87 bits per heavy atom. The molecular formula is C11H9FOS2. The maximum absolute atomic E-state index is 12.9. The maximum atomic E-state index is 12.9. The van der Waals surface area contributed by atoms with E-state index in [9.17, 15) is 4.39 Å². The summed E-state index contributed by atoms with van der Waals surface area (Å²) < 4.78 is 14.0. The molecule has 0 spiro atoms. The second-order valence-electron chi connectivity index (χ2n) is 2.94. The number of aliphatic hydroxyl groups excluding tert-OH is 1. The Morgan fingerprint density at radius 1 is 1.33 bits per heavy atom. The van der Waals surface area contributed by atoms with Gasteiger partial charge in [-0.2, -0.15) is 0 Å². The fraction of sp³-hybridized carbons (Fsp3) is 0.0909. The standard InChI is InChI=1S/C11H9FOS2/c12-9-3-4-10(8(6-9)7-13)15-11-2-1-5-14-11/h1-6,13H,7H2. The average Bonchev–Trinajstić information content (AvgIpc) is 2.73. The van der Waals surface area contributed by atoms with Crippen molar-refractivity contribution < 1.29 is 9.50 Å². The van der Waals surface area contributed by atoms with Gasteiger partial charge >= 0.3 is 0 Å². The van der Waals surface area contributed by atoms with Crippen molar-refractivity contribution in [1.29, 1.82) is 0 Å². The summed E-state index contributed by atoms with van der Waals surface area (Å²) in [6.45, 7) is -0.133. The van der Waals surface area contributed by atoms with Crippen LogP contribution in [0.1, 0.15) is 5.56 Å². The van der Waals surface area contributed by atoms with E-state index in [-0.39, 0.29) is 12.4 Å². The summed E-state index contributed by atoms with van der Waals surface area (Å²) in [5.74, 6) is -0.311. The van der Waals surface area contributed by atoms with Gasteiger partial charge in [-0.15, -0.1) is 11.3 Å². The molecule has 4 heteroatoms. The van der Waals surface area contributed by atoms with Gasteiger partial charge in [-0.1, -0.05) is 17.8 Å². The van der Waals surface area contributed by atoms with Crippen molar-refractivity contribution >= 4 is 23.1 Å². The van der Waals surface area contributed by atoms with Crippen molar-refractivity contribution in [3.63, 3.8) is 0 Å². The van der Waals surface area contributed by atoms with Gasteiger partial charge in [-0.25, -0.2) is 4.39 Å². The SMILES string of the molecule is OCc1cc(F)ccc1Sc1cccs1. The van der Waals surface area contributed by atoms with E-state index in [1.165, 1.54) is 12.1 Å². The molecule has 15 heavy (non-hydrogen) atoms. The molecule has 0 saturated carbocycles.